The summed E-state index contributed by atoms with van der Waals surface area (Å²) in [5, 5.41) is 1.10. The van der Waals surface area contributed by atoms with Gasteiger partial charge in [0.25, 0.3) is 0 Å². The van der Waals surface area contributed by atoms with Crippen LogP contribution in [0.3, 0.4) is 0 Å². The zero-order valence-corrected chi connectivity index (χ0v) is 9.89. The number of carbonyl (C=O) groups excluding carboxylic acids is 1. The summed E-state index contributed by atoms with van der Waals surface area (Å²) < 4.78 is 1.07. The number of ketones is 1. The molecule has 0 spiro atoms. The second-order valence-electron chi connectivity index (χ2n) is 4.60. The SMILES string of the molecule is CC(C)(C)C(=O)c1cc2ccncc2s1. The highest BCUT2D eigenvalue weighted by Gasteiger charge is 2.24. The molecule has 0 aliphatic carbocycles. The number of Topliss-reactive ketones (excluding diaryl/α,β-unsaturated/α-hetero) is 1. The van der Waals surface area contributed by atoms with Gasteiger partial charge in [0.1, 0.15) is 0 Å². The van der Waals surface area contributed by atoms with Crippen LogP contribution in [0.1, 0.15) is 30.4 Å². The van der Waals surface area contributed by atoms with Crippen molar-refractivity contribution in [2.24, 2.45) is 5.41 Å². The van der Waals surface area contributed by atoms with Gasteiger partial charge in [0, 0.05) is 17.8 Å². The Balaban J connectivity index is 2.50. The zero-order chi connectivity index (χ0) is 11.1. The predicted molar refractivity (Wildman–Crippen MR) is 63.4 cm³/mol. The summed E-state index contributed by atoms with van der Waals surface area (Å²) in [4.78, 5) is 16.9. The van der Waals surface area contributed by atoms with E-state index in [1.807, 2.05) is 32.9 Å². The minimum absolute atomic E-state index is 0.198. The maximum absolute atomic E-state index is 12.0. The molecule has 15 heavy (non-hydrogen) atoms. The van der Waals surface area contributed by atoms with Crippen molar-refractivity contribution in [3.8, 4) is 0 Å². The summed E-state index contributed by atoms with van der Waals surface area (Å²) in [7, 11) is 0. The van der Waals surface area contributed by atoms with Gasteiger partial charge < -0.3 is 0 Å². The molecule has 2 nitrogen and oxygen atoms in total. The van der Waals surface area contributed by atoms with Crippen LogP contribution < -0.4 is 0 Å². The third kappa shape index (κ3) is 1.92. The van der Waals surface area contributed by atoms with Crippen LogP contribution in [0, 0.1) is 5.41 Å². The van der Waals surface area contributed by atoms with E-state index in [2.05, 4.69) is 4.98 Å². The highest BCUT2D eigenvalue weighted by atomic mass is 32.1. The first-order valence-electron chi connectivity index (χ1n) is 4.87. The van der Waals surface area contributed by atoms with Gasteiger partial charge in [-0.05, 0) is 17.5 Å². The smallest absolute Gasteiger partial charge is 0.178 e. The van der Waals surface area contributed by atoms with E-state index in [1.54, 1.807) is 12.4 Å². The van der Waals surface area contributed by atoms with Gasteiger partial charge in [-0.2, -0.15) is 0 Å². The summed E-state index contributed by atoms with van der Waals surface area (Å²) in [6.45, 7) is 5.83. The molecule has 0 aromatic carbocycles. The molecule has 2 aromatic heterocycles. The van der Waals surface area contributed by atoms with Crippen LogP contribution in [-0.2, 0) is 0 Å². The van der Waals surface area contributed by atoms with E-state index in [1.165, 1.54) is 11.3 Å². The molecule has 2 heterocycles. The molecule has 2 rings (SSSR count). The van der Waals surface area contributed by atoms with E-state index in [4.69, 9.17) is 0 Å². The zero-order valence-electron chi connectivity index (χ0n) is 9.07. The molecule has 0 atom stereocenters. The van der Waals surface area contributed by atoms with Crippen molar-refractivity contribution >= 4 is 27.2 Å². The van der Waals surface area contributed by atoms with Crippen LogP contribution in [0.4, 0.5) is 0 Å². The number of nitrogens with zero attached hydrogens (tertiary/aromatic N) is 1. The van der Waals surface area contributed by atoms with Gasteiger partial charge in [0.2, 0.25) is 0 Å². The fourth-order valence-corrected chi connectivity index (χ4v) is 2.55. The predicted octanol–water partition coefficient (Wildman–Crippen LogP) is 3.53. The van der Waals surface area contributed by atoms with Gasteiger partial charge in [-0.15, -0.1) is 11.3 Å². The highest BCUT2D eigenvalue weighted by Crippen LogP contribution is 2.30. The van der Waals surface area contributed by atoms with Gasteiger partial charge in [-0.25, -0.2) is 0 Å². The number of hydrogen-bond acceptors (Lipinski definition) is 3. The standard InChI is InChI=1S/C12H13NOS/c1-12(2,3)11(14)9-6-8-4-5-13-7-10(8)15-9/h4-7H,1-3H3. The maximum atomic E-state index is 12.0. The minimum atomic E-state index is -0.311. The van der Waals surface area contributed by atoms with Gasteiger partial charge >= 0.3 is 0 Å². The molecule has 0 saturated carbocycles. The van der Waals surface area contributed by atoms with Crippen molar-refractivity contribution < 1.29 is 4.79 Å². The lowest BCUT2D eigenvalue weighted by atomic mass is 9.90. The Bertz CT molecular complexity index is 475. The normalized spacial score (nSPS) is 11.9. The third-order valence-corrected chi connectivity index (χ3v) is 3.31. The van der Waals surface area contributed by atoms with E-state index >= 15 is 0 Å². The Kier molecular flexibility index (Phi) is 2.35. The summed E-state index contributed by atoms with van der Waals surface area (Å²) >= 11 is 1.52. The van der Waals surface area contributed by atoms with Gasteiger partial charge in [0.05, 0.1) is 9.58 Å². The lowest BCUT2D eigenvalue weighted by Crippen LogP contribution is -2.18. The largest absolute Gasteiger partial charge is 0.293 e. The quantitative estimate of drug-likeness (QED) is 0.687. The van der Waals surface area contributed by atoms with Gasteiger partial charge in [0.15, 0.2) is 5.78 Å². The Morgan fingerprint density at radius 3 is 2.73 bits per heavy atom. The van der Waals surface area contributed by atoms with Crippen LogP contribution in [-0.4, -0.2) is 10.8 Å². The van der Waals surface area contributed by atoms with E-state index < -0.39 is 0 Å². The lowest BCUT2D eigenvalue weighted by molar-refractivity contribution is 0.0863. The van der Waals surface area contributed by atoms with Crippen LogP contribution in [0.15, 0.2) is 24.5 Å². The number of aromatic nitrogens is 1. The van der Waals surface area contributed by atoms with Crippen LogP contribution >= 0.6 is 11.3 Å². The first-order chi connectivity index (χ1) is 6.98. The molecule has 0 unspecified atom stereocenters. The number of carbonyl (C=O) groups is 1. The summed E-state index contributed by atoms with van der Waals surface area (Å²) in [5.41, 5.74) is -0.311. The van der Waals surface area contributed by atoms with Crippen molar-refractivity contribution in [2.45, 2.75) is 20.8 Å². The first-order valence-corrected chi connectivity index (χ1v) is 5.68. The maximum Gasteiger partial charge on any atom is 0.178 e. The number of fused-ring (bicyclic) bond motifs is 1. The molecule has 3 heteroatoms. The second kappa shape index (κ2) is 3.42. The minimum Gasteiger partial charge on any atom is -0.293 e. The van der Waals surface area contributed by atoms with Gasteiger partial charge in [-0.1, -0.05) is 20.8 Å². The number of pyridine rings is 1. The topological polar surface area (TPSA) is 30.0 Å². The molecule has 0 saturated heterocycles. The Labute approximate surface area is 93.0 Å². The van der Waals surface area contributed by atoms with Crippen molar-refractivity contribution in [2.75, 3.05) is 0 Å². The van der Waals surface area contributed by atoms with Gasteiger partial charge in [-0.3, -0.25) is 9.78 Å². The van der Waals surface area contributed by atoms with E-state index in [0.29, 0.717) is 0 Å². The fraction of sp³-hybridized carbons (Fsp3) is 0.333. The van der Waals surface area contributed by atoms with Crippen LogP contribution in [0.25, 0.3) is 10.1 Å². The monoisotopic (exact) mass is 219 g/mol. The summed E-state index contributed by atoms with van der Waals surface area (Å²) in [5.74, 6) is 0.198. The molecule has 0 radical (unpaired) electrons. The molecular formula is C12H13NOS. The first kappa shape index (κ1) is 10.3. The van der Waals surface area contributed by atoms with E-state index in [-0.39, 0.29) is 11.2 Å². The van der Waals surface area contributed by atoms with Crippen molar-refractivity contribution in [3.63, 3.8) is 0 Å². The molecule has 78 valence electrons. The van der Waals surface area contributed by atoms with Crippen molar-refractivity contribution in [1.29, 1.82) is 0 Å². The lowest BCUT2D eigenvalue weighted by Gasteiger charge is -2.14. The molecule has 0 N–H and O–H groups in total. The molecule has 0 fully saturated rings. The Hall–Kier alpha value is -1.22. The fourth-order valence-electron chi connectivity index (χ4n) is 1.37. The van der Waals surface area contributed by atoms with E-state index in [9.17, 15) is 4.79 Å². The molecule has 2 aromatic rings. The molecule has 0 amide bonds. The van der Waals surface area contributed by atoms with Crippen molar-refractivity contribution in [3.05, 3.63) is 29.4 Å². The second-order valence-corrected chi connectivity index (χ2v) is 5.69. The average Bonchev–Trinajstić information content (AvgIpc) is 2.58. The number of hydrogen-bond donors (Lipinski definition) is 0. The van der Waals surface area contributed by atoms with Crippen LogP contribution in [0.5, 0.6) is 0 Å². The third-order valence-electron chi connectivity index (χ3n) is 2.23. The average molecular weight is 219 g/mol. The Morgan fingerprint density at radius 2 is 2.13 bits per heavy atom. The highest BCUT2D eigenvalue weighted by molar-refractivity contribution is 7.20. The number of thiophene rings is 1. The molecule has 0 aliphatic rings. The number of rotatable bonds is 1. The molecule has 0 aliphatic heterocycles. The summed E-state index contributed by atoms with van der Waals surface area (Å²) in [6.07, 6.45) is 3.56. The summed E-state index contributed by atoms with van der Waals surface area (Å²) in [6, 6.07) is 3.89. The van der Waals surface area contributed by atoms with Crippen molar-refractivity contribution in [1.82, 2.24) is 4.98 Å². The Morgan fingerprint density at radius 1 is 1.40 bits per heavy atom. The van der Waals surface area contributed by atoms with Crippen LogP contribution in [0.2, 0.25) is 0 Å². The molecular weight excluding hydrogens is 206 g/mol. The van der Waals surface area contributed by atoms with E-state index in [0.717, 1.165) is 15.0 Å². The molecule has 0 bridgehead atoms.